The second-order valence-corrected chi connectivity index (χ2v) is 8.27. The summed E-state index contributed by atoms with van der Waals surface area (Å²) < 4.78 is 50.7. The Labute approximate surface area is 217 Å². The Morgan fingerprint density at radius 3 is 2.05 bits per heavy atom. The molecule has 0 saturated carbocycles. The molecule has 4 N–H and O–H groups in total. The van der Waals surface area contributed by atoms with Crippen molar-refractivity contribution in [3.05, 3.63) is 83.9 Å². The van der Waals surface area contributed by atoms with Gasteiger partial charge in [0.25, 0.3) is 0 Å². The summed E-state index contributed by atoms with van der Waals surface area (Å²) in [5, 5.41) is 10.0. The van der Waals surface area contributed by atoms with Gasteiger partial charge in [-0.05, 0) is 72.6 Å². The smallest absolute Gasteiger partial charge is 0.416 e. The van der Waals surface area contributed by atoms with Crippen molar-refractivity contribution in [1.29, 1.82) is 0 Å². The maximum Gasteiger partial charge on any atom is 0.416 e. The van der Waals surface area contributed by atoms with Crippen molar-refractivity contribution in [3.63, 3.8) is 0 Å². The fourth-order valence-electron chi connectivity index (χ4n) is 3.76. The normalized spacial score (nSPS) is 11.2. The zero-order valence-electron chi connectivity index (χ0n) is 20.7. The molecule has 0 saturated heterocycles. The zero-order chi connectivity index (χ0) is 27.3. The summed E-state index contributed by atoms with van der Waals surface area (Å²) in [6, 6.07) is 18.3. The largest absolute Gasteiger partial charge is 0.497 e. The fourth-order valence-corrected chi connectivity index (χ4v) is 3.76. The highest BCUT2D eigenvalue weighted by Crippen LogP contribution is 2.36. The molecule has 8 nitrogen and oxygen atoms in total. The first-order chi connectivity index (χ1) is 18.2. The van der Waals surface area contributed by atoms with Crippen molar-refractivity contribution in [2.24, 2.45) is 0 Å². The van der Waals surface area contributed by atoms with Crippen molar-refractivity contribution < 1.29 is 27.4 Å². The quantitative estimate of drug-likeness (QED) is 0.281. The number of rotatable bonds is 8. The van der Waals surface area contributed by atoms with Gasteiger partial charge in [-0.25, -0.2) is 9.48 Å². The van der Waals surface area contributed by atoms with Crippen LogP contribution >= 0.6 is 0 Å². The predicted octanol–water partition coefficient (Wildman–Crippen LogP) is 5.52. The maximum absolute atomic E-state index is 13.0. The van der Waals surface area contributed by atoms with Crippen molar-refractivity contribution >= 4 is 17.5 Å². The van der Waals surface area contributed by atoms with E-state index in [2.05, 4.69) is 15.7 Å². The molecule has 4 rings (SSSR count). The Morgan fingerprint density at radius 2 is 1.50 bits per heavy atom. The first kappa shape index (κ1) is 26.4. The SMILES string of the molecule is COc1ccc(CCNC(=O)Nc2c(-c3ccc(OC)cc3)nn(-c3ccc(C(F)(F)F)cc3)c2N)cc1. The number of benzene rings is 3. The Morgan fingerprint density at radius 1 is 0.921 bits per heavy atom. The van der Waals surface area contributed by atoms with Crippen LogP contribution in [0.4, 0.5) is 29.5 Å². The minimum atomic E-state index is -4.47. The number of hydrogen-bond donors (Lipinski definition) is 3. The lowest BCUT2D eigenvalue weighted by Gasteiger charge is -2.10. The molecule has 0 fully saturated rings. The van der Waals surface area contributed by atoms with Gasteiger partial charge in [-0.2, -0.15) is 18.3 Å². The molecule has 11 heteroatoms. The molecule has 0 spiro atoms. The summed E-state index contributed by atoms with van der Waals surface area (Å²) in [5.41, 5.74) is 8.06. The van der Waals surface area contributed by atoms with Crippen LogP contribution in [-0.2, 0) is 12.6 Å². The number of nitrogens with two attached hydrogens (primary N) is 1. The average molecular weight is 526 g/mol. The molecule has 1 heterocycles. The van der Waals surface area contributed by atoms with Gasteiger partial charge in [-0.1, -0.05) is 12.1 Å². The number of nitrogens with one attached hydrogen (secondary N) is 2. The number of alkyl halides is 3. The summed E-state index contributed by atoms with van der Waals surface area (Å²) >= 11 is 0. The number of carbonyl (C=O) groups excluding carboxylic acids is 1. The van der Waals surface area contributed by atoms with Crippen LogP contribution in [0.5, 0.6) is 11.5 Å². The number of ether oxygens (including phenoxy) is 2. The minimum Gasteiger partial charge on any atom is -0.497 e. The van der Waals surface area contributed by atoms with Gasteiger partial charge in [0.05, 0.1) is 25.5 Å². The number of hydrogen-bond acceptors (Lipinski definition) is 5. The lowest BCUT2D eigenvalue weighted by Crippen LogP contribution is -2.30. The Balaban J connectivity index is 1.57. The van der Waals surface area contributed by atoms with Gasteiger partial charge in [0.2, 0.25) is 0 Å². The standard InChI is InChI=1S/C27H26F3N5O3/c1-37-21-11-3-17(4-12-21)15-16-32-26(36)33-24-23(18-5-13-22(38-2)14-6-18)34-35(25(24)31)20-9-7-19(8-10-20)27(28,29)30/h3-14H,15-16,31H2,1-2H3,(H2,32,33,36). The highest BCUT2D eigenvalue weighted by Gasteiger charge is 2.30. The van der Waals surface area contributed by atoms with Crippen LogP contribution in [-0.4, -0.2) is 36.6 Å². The number of methoxy groups -OCH3 is 2. The molecule has 2 amide bonds. The van der Waals surface area contributed by atoms with Crippen LogP contribution in [0.25, 0.3) is 16.9 Å². The first-order valence-corrected chi connectivity index (χ1v) is 11.6. The monoisotopic (exact) mass is 525 g/mol. The van der Waals surface area contributed by atoms with Gasteiger partial charge in [0.1, 0.15) is 22.9 Å². The van der Waals surface area contributed by atoms with Crippen LogP contribution in [0, 0.1) is 0 Å². The summed E-state index contributed by atoms with van der Waals surface area (Å²) in [7, 11) is 3.13. The molecule has 0 radical (unpaired) electrons. The zero-order valence-corrected chi connectivity index (χ0v) is 20.7. The van der Waals surface area contributed by atoms with Gasteiger partial charge < -0.3 is 25.8 Å². The van der Waals surface area contributed by atoms with Gasteiger partial charge in [-0.3, -0.25) is 0 Å². The molecule has 0 aliphatic heterocycles. The maximum atomic E-state index is 13.0. The number of aromatic nitrogens is 2. The highest BCUT2D eigenvalue weighted by molar-refractivity contribution is 5.97. The number of amides is 2. The van der Waals surface area contributed by atoms with Crippen molar-refractivity contribution in [2.75, 3.05) is 31.8 Å². The molecule has 4 aromatic rings. The van der Waals surface area contributed by atoms with Crippen LogP contribution in [0.1, 0.15) is 11.1 Å². The molecule has 3 aromatic carbocycles. The number of nitrogens with zero attached hydrogens (tertiary/aromatic N) is 2. The molecule has 0 bridgehead atoms. The summed E-state index contributed by atoms with van der Waals surface area (Å²) in [4.78, 5) is 12.8. The van der Waals surface area contributed by atoms with Crippen molar-refractivity contribution in [1.82, 2.24) is 15.1 Å². The third kappa shape index (κ3) is 6.00. The van der Waals surface area contributed by atoms with Crippen molar-refractivity contribution in [3.8, 4) is 28.4 Å². The van der Waals surface area contributed by atoms with Crippen LogP contribution in [0.3, 0.4) is 0 Å². The fraction of sp³-hybridized carbons (Fsp3) is 0.185. The second kappa shape index (κ2) is 11.2. The molecule has 0 aliphatic rings. The molecular formula is C27H26F3N5O3. The molecule has 198 valence electrons. The Hall–Kier alpha value is -4.67. The van der Waals surface area contributed by atoms with Crippen LogP contribution < -0.4 is 25.8 Å². The van der Waals surface area contributed by atoms with E-state index < -0.39 is 17.8 Å². The number of carbonyl (C=O) groups is 1. The summed E-state index contributed by atoms with van der Waals surface area (Å²) in [5.74, 6) is 1.42. The van der Waals surface area contributed by atoms with E-state index in [9.17, 15) is 18.0 Å². The Bertz CT molecular complexity index is 1380. The molecule has 38 heavy (non-hydrogen) atoms. The van der Waals surface area contributed by atoms with Crippen LogP contribution in [0.15, 0.2) is 72.8 Å². The van der Waals surface area contributed by atoms with E-state index in [1.165, 1.54) is 23.9 Å². The number of anilines is 2. The van der Waals surface area contributed by atoms with Gasteiger partial charge in [0.15, 0.2) is 5.82 Å². The van der Waals surface area contributed by atoms with E-state index in [4.69, 9.17) is 15.2 Å². The average Bonchev–Trinajstić information content (AvgIpc) is 3.24. The van der Waals surface area contributed by atoms with E-state index in [1.54, 1.807) is 31.4 Å². The topological polar surface area (TPSA) is 103 Å². The Kier molecular flexibility index (Phi) is 7.75. The third-order valence-electron chi connectivity index (χ3n) is 5.82. The number of urea groups is 1. The molecule has 0 aliphatic carbocycles. The van der Waals surface area contributed by atoms with E-state index in [1.807, 2.05) is 24.3 Å². The van der Waals surface area contributed by atoms with Crippen molar-refractivity contribution in [2.45, 2.75) is 12.6 Å². The number of nitrogen functional groups attached to an aromatic ring is 1. The van der Waals surface area contributed by atoms with E-state index in [0.717, 1.165) is 23.4 Å². The minimum absolute atomic E-state index is 0.0564. The van der Waals surface area contributed by atoms with E-state index >= 15 is 0 Å². The van der Waals surface area contributed by atoms with E-state index in [0.29, 0.717) is 35.7 Å². The molecule has 0 unspecified atom stereocenters. The van der Waals surface area contributed by atoms with Gasteiger partial charge >= 0.3 is 12.2 Å². The molecular weight excluding hydrogens is 499 g/mol. The lowest BCUT2D eigenvalue weighted by atomic mass is 10.1. The lowest BCUT2D eigenvalue weighted by molar-refractivity contribution is -0.137. The molecule has 0 atom stereocenters. The van der Waals surface area contributed by atoms with E-state index in [-0.39, 0.29) is 11.5 Å². The first-order valence-electron chi connectivity index (χ1n) is 11.6. The van der Waals surface area contributed by atoms with Gasteiger partial charge in [-0.15, -0.1) is 0 Å². The third-order valence-corrected chi connectivity index (χ3v) is 5.82. The molecule has 1 aromatic heterocycles. The predicted molar refractivity (Wildman–Crippen MR) is 139 cm³/mol. The highest BCUT2D eigenvalue weighted by atomic mass is 19.4. The summed E-state index contributed by atoms with van der Waals surface area (Å²) in [6.07, 6.45) is -3.89. The van der Waals surface area contributed by atoms with Crippen LogP contribution in [0.2, 0.25) is 0 Å². The number of halogens is 3. The second-order valence-electron chi connectivity index (χ2n) is 8.27. The van der Waals surface area contributed by atoms with Gasteiger partial charge in [0, 0.05) is 12.1 Å². The summed E-state index contributed by atoms with van der Waals surface area (Å²) in [6.45, 7) is 0.350.